The molecule has 2 atom stereocenters. The van der Waals surface area contributed by atoms with E-state index in [0.717, 1.165) is 11.1 Å². The highest BCUT2D eigenvalue weighted by Gasteiger charge is 2.67. The topological polar surface area (TPSA) is 58.2 Å². The molecule has 0 aromatic heterocycles. The molecule has 0 spiro atoms. The first-order valence-corrected chi connectivity index (χ1v) is 12.2. The molecule has 9 heteroatoms. The Morgan fingerprint density at radius 2 is 1.44 bits per heavy atom. The van der Waals surface area contributed by atoms with E-state index in [2.05, 4.69) is 10.6 Å². The minimum absolute atomic E-state index is 0.308. The molecule has 4 nitrogen and oxygen atoms in total. The van der Waals surface area contributed by atoms with Crippen LogP contribution in [0.2, 0.25) is 15.1 Å². The molecule has 0 radical (unpaired) electrons. The molecular formula is C25H19Cl5N2O2. The van der Waals surface area contributed by atoms with Crippen LogP contribution in [-0.4, -0.2) is 16.1 Å². The van der Waals surface area contributed by atoms with Crippen molar-refractivity contribution in [1.82, 2.24) is 0 Å². The first kappa shape index (κ1) is 25.2. The molecular weight excluding hydrogens is 538 g/mol. The van der Waals surface area contributed by atoms with Gasteiger partial charge in [0.25, 0.3) is 5.91 Å². The standard InChI is InChI=1S/C25H19Cl5N2O2/c1-12-5-13(2)7-15(6-12)23(33)32-20-11-18(3-4-19(20)28)31-24(34)22-21(25(22,29)30)14-8-16(26)10-17(27)9-14/h3-11,21-22H,1-2H3,(H,31,34)(H,32,33). The van der Waals surface area contributed by atoms with Crippen LogP contribution in [0.3, 0.4) is 0 Å². The zero-order valence-corrected chi connectivity index (χ0v) is 21.8. The molecule has 176 valence electrons. The van der Waals surface area contributed by atoms with Gasteiger partial charge >= 0.3 is 0 Å². The lowest BCUT2D eigenvalue weighted by atomic mass is 10.1. The number of benzene rings is 3. The van der Waals surface area contributed by atoms with Gasteiger partial charge in [-0.3, -0.25) is 9.59 Å². The summed E-state index contributed by atoms with van der Waals surface area (Å²) in [5.74, 6) is -1.87. The van der Waals surface area contributed by atoms with Crippen LogP contribution in [0.25, 0.3) is 0 Å². The second kappa shape index (κ2) is 9.60. The van der Waals surface area contributed by atoms with E-state index in [-0.39, 0.29) is 11.8 Å². The van der Waals surface area contributed by atoms with E-state index < -0.39 is 16.2 Å². The monoisotopic (exact) mass is 554 g/mol. The van der Waals surface area contributed by atoms with Crippen molar-refractivity contribution in [1.29, 1.82) is 0 Å². The van der Waals surface area contributed by atoms with Crippen LogP contribution in [0.5, 0.6) is 0 Å². The summed E-state index contributed by atoms with van der Waals surface area (Å²) in [4.78, 5) is 25.7. The van der Waals surface area contributed by atoms with Crippen molar-refractivity contribution in [2.75, 3.05) is 10.6 Å². The van der Waals surface area contributed by atoms with Crippen molar-refractivity contribution in [2.45, 2.75) is 24.1 Å². The number of carbonyl (C=O) groups is 2. The van der Waals surface area contributed by atoms with Crippen LogP contribution in [0, 0.1) is 19.8 Å². The van der Waals surface area contributed by atoms with E-state index >= 15 is 0 Å². The van der Waals surface area contributed by atoms with Gasteiger partial charge in [0, 0.05) is 27.2 Å². The number of alkyl halides is 2. The molecule has 2 unspecified atom stereocenters. The Labute approximate surface area is 222 Å². The van der Waals surface area contributed by atoms with E-state index in [9.17, 15) is 9.59 Å². The molecule has 34 heavy (non-hydrogen) atoms. The quantitative estimate of drug-likeness (QED) is 0.313. The van der Waals surface area contributed by atoms with Gasteiger partial charge in [-0.1, -0.05) is 52.0 Å². The highest BCUT2D eigenvalue weighted by atomic mass is 35.5. The number of amides is 2. The normalized spacial score (nSPS) is 18.3. The number of nitrogens with one attached hydrogen (secondary N) is 2. The molecule has 0 aliphatic heterocycles. The Bertz CT molecular complexity index is 1270. The molecule has 1 aliphatic rings. The number of halogens is 5. The second-order valence-electron chi connectivity index (χ2n) is 8.35. The van der Waals surface area contributed by atoms with Crippen molar-refractivity contribution in [3.8, 4) is 0 Å². The fourth-order valence-electron chi connectivity index (χ4n) is 4.04. The fourth-order valence-corrected chi connectivity index (χ4v) is 5.58. The van der Waals surface area contributed by atoms with Gasteiger partial charge in [-0.15, -0.1) is 23.2 Å². The zero-order chi connectivity index (χ0) is 24.8. The Hall–Kier alpha value is -1.95. The zero-order valence-electron chi connectivity index (χ0n) is 18.1. The van der Waals surface area contributed by atoms with Crippen LogP contribution in [0.4, 0.5) is 11.4 Å². The molecule has 2 N–H and O–H groups in total. The smallest absolute Gasteiger partial charge is 0.255 e. The van der Waals surface area contributed by atoms with Crippen molar-refractivity contribution >= 4 is 81.2 Å². The molecule has 1 fully saturated rings. The summed E-state index contributed by atoms with van der Waals surface area (Å²) >= 11 is 31.3. The van der Waals surface area contributed by atoms with Gasteiger partial charge in [0.05, 0.1) is 16.6 Å². The maximum absolute atomic E-state index is 13.0. The maximum atomic E-state index is 13.0. The Kier molecular flexibility index (Phi) is 7.10. The highest BCUT2D eigenvalue weighted by Crippen LogP contribution is 2.65. The number of hydrogen-bond acceptors (Lipinski definition) is 2. The van der Waals surface area contributed by atoms with Crippen LogP contribution < -0.4 is 10.6 Å². The number of hydrogen-bond donors (Lipinski definition) is 2. The molecule has 2 amide bonds. The minimum atomic E-state index is -1.30. The Balaban J connectivity index is 1.51. The van der Waals surface area contributed by atoms with Crippen LogP contribution in [0.15, 0.2) is 54.6 Å². The van der Waals surface area contributed by atoms with Crippen molar-refractivity contribution in [2.24, 2.45) is 5.92 Å². The molecule has 0 saturated heterocycles. The van der Waals surface area contributed by atoms with E-state index in [1.54, 1.807) is 48.5 Å². The Morgan fingerprint density at radius 3 is 2.06 bits per heavy atom. The maximum Gasteiger partial charge on any atom is 0.255 e. The Morgan fingerprint density at radius 1 is 0.824 bits per heavy atom. The van der Waals surface area contributed by atoms with E-state index in [0.29, 0.717) is 37.6 Å². The summed E-state index contributed by atoms with van der Waals surface area (Å²) in [6, 6.07) is 15.3. The molecule has 3 aromatic rings. The van der Waals surface area contributed by atoms with Gasteiger partial charge in [0.15, 0.2) is 0 Å². The average Bonchev–Trinajstić information content (AvgIpc) is 3.31. The van der Waals surface area contributed by atoms with Gasteiger partial charge in [-0.2, -0.15) is 0 Å². The van der Waals surface area contributed by atoms with Crippen molar-refractivity contribution < 1.29 is 9.59 Å². The summed E-state index contributed by atoms with van der Waals surface area (Å²) in [6.07, 6.45) is 0. The number of anilines is 2. The van der Waals surface area contributed by atoms with Gasteiger partial charge in [-0.05, 0) is 67.9 Å². The SMILES string of the molecule is Cc1cc(C)cc(C(=O)Nc2cc(NC(=O)C3C(c4cc(Cl)cc(Cl)c4)C3(Cl)Cl)ccc2Cl)c1. The second-order valence-corrected chi connectivity index (χ2v) is 11.1. The summed E-state index contributed by atoms with van der Waals surface area (Å²) in [6.45, 7) is 3.84. The minimum Gasteiger partial charge on any atom is -0.326 e. The molecule has 4 rings (SSSR count). The summed E-state index contributed by atoms with van der Waals surface area (Å²) in [5.41, 5.74) is 3.94. The summed E-state index contributed by atoms with van der Waals surface area (Å²) in [5, 5.41) is 6.79. The van der Waals surface area contributed by atoms with E-state index in [1.165, 1.54) is 0 Å². The molecule has 0 bridgehead atoms. The van der Waals surface area contributed by atoms with Crippen molar-refractivity contribution in [3.63, 3.8) is 0 Å². The van der Waals surface area contributed by atoms with Gasteiger partial charge < -0.3 is 10.6 Å². The summed E-state index contributed by atoms with van der Waals surface area (Å²) < 4.78 is -1.30. The number of aryl methyl sites for hydroxylation is 2. The van der Waals surface area contributed by atoms with E-state index in [1.807, 2.05) is 19.9 Å². The lowest BCUT2D eigenvalue weighted by molar-refractivity contribution is -0.117. The largest absolute Gasteiger partial charge is 0.326 e. The fraction of sp³-hybridized carbons (Fsp3) is 0.200. The van der Waals surface area contributed by atoms with Crippen LogP contribution >= 0.6 is 58.0 Å². The van der Waals surface area contributed by atoms with Crippen molar-refractivity contribution in [3.05, 3.63) is 91.9 Å². The molecule has 1 aliphatic carbocycles. The highest BCUT2D eigenvalue weighted by molar-refractivity contribution is 6.53. The van der Waals surface area contributed by atoms with Crippen LogP contribution in [0.1, 0.15) is 33.0 Å². The van der Waals surface area contributed by atoms with Gasteiger partial charge in [0.2, 0.25) is 5.91 Å². The third-order valence-corrected chi connectivity index (χ3v) is 7.25. The predicted molar refractivity (Wildman–Crippen MR) is 141 cm³/mol. The molecule has 1 saturated carbocycles. The first-order valence-electron chi connectivity index (χ1n) is 10.3. The number of rotatable bonds is 5. The first-order chi connectivity index (χ1) is 16.0. The third kappa shape index (κ3) is 5.32. The number of carbonyl (C=O) groups excluding carboxylic acids is 2. The van der Waals surface area contributed by atoms with Gasteiger partial charge in [0.1, 0.15) is 4.33 Å². The third-order valence-electron chi connectivity index (χ3n) is 5.55. The molecule has 0 heterocycles. The average molecular weight is 557 g/mol. The molecule has 3 aromatic carbocycles. The lowest BCUT2D eigenvalue weighted by Gasteiger charge is -2.12. The van der Waals surface area contributed by atoms with Crippen LogP contribution in [-0.2, 0) is 4.79 Å². The lowest BCUT2D eigenvalue weighted by Crippen LogP contribution is -2.18. The van der Waals surface area contributed by atoms with E-state index in [4.69, 9.17) is 58.0 Å². The van der Waals surface area contributed by atoms with Gasteiger partial charge in [-0.25, -0.2) is 0 Å². The summed E-state index contributed by atoms with van der Waals surface area (Å²) in [7, 11) is 0. The predicted octanol–water partition coefficient (Wildman–Crippen LogP) is 8.04.